The number of ether oxygens (including phenoxy) is 1. The summed E-state index contributed by atoms with van der Waals surface area (Å²) in [5, 5.41) is 5.84. The van der Waals surface area contributed by atoms with Crippen molar-refractivity contribution in [1.82, 2.24) is 15.5 Å². The molecule has 7 nitrogen and oxygen atoms in total. The molecule has 0 bridgehead atoms. The maximum absolute atomic E-state index is 14.0. The molecule has 0 radical (unpaired) electrons. The first-order valence-corrected chi connectivity index (χ1v) is 13.0. The van der Waals surface area contributed by atoms with Gasteiger partial charge in [0.2, 0.25) is 11.8 Å². The van der Waals surface area contributed by atoms with E-state index in [1.54, 1.807) is 25.7 Å². The van der Waals surface area contributed by atoms with Crippen LogP contribution in [0.15, 0.2) is 18.2 Å². The number of nitrogens with zero attached hydrogens (tertiary/aromatic N) is 1. The Morgan fingerprint density at radius 2 is 1.63 bits per heavy atom. The summed E-state index contributed by atoms with van der Waals surface area (Å²) in [5.74, 6) is -0.631. The van der Waals surface area contributed by atoms with E-state index in [1.165, 1.54) is 0 Å². The summed E-state index contributed by atoms with van der Waals surface area (Å²) in [6, 6.07) is 4.28. The van der Waals surface area contributed by atoms with Gasteiger partial charge in [-0.25, -0.2) is 4.79 Å². The number of aryl methyl sites for hydroxylation is 2. The van der Waals surface area contributed by atoms with Crippen molar-refractivity contribution in [3.8, 4) is 0 Å². The minimum Gasteiger partial charge on any atom is -0.444 e. The molecule has 0 aliphatic carbocycles. The Labute approximate surface area is 212 Å². The number of benzene rings is 1. The van der Waals surface area contributed by atoms with E-state index in [0.29, 0.717) is 19.5 Å². The molecule has 0 saturated heterocycles. The van der Waals surface area contributed by atoms with Gasteiger partial charge in [0.15, 0.2) is 0 Å². The van der Waals surface area contributed by atoms with Crippen molar-refractivity contribution in [3.63, 3.8) is 0 Å². The molecule has 0 spiro atoms. The fourth-order valence-corrected chi connectivity index (χ4v) is 4.13. The zero-order valence-electron chi connectivity index (χ0n) is 23.3. The highest BCUT2D eigenvalue weighted by molar-refractivity contribution is 5.92. The zero-order chi connectivity index (χ0) is 26.8. The van der Waals surface area contributed by atoms with Gasteiger partial charge in [0.05, 0.1) is 0 Å². The van der Waals surface area contributed by atoms with Crippen LogP contribution in [0, 0.1) is 19.8 Å². The lowest BCUT2D eigenvalue weighted by molar-refractivity contribution is -0.143. The SMILES string of the molecule is CCCCCNC(=O)C(c1c(C)cccc1C)N(CC)C(=O)C(NC(=O)OC(C)(C)C)C(C)CC. The van der Waals surface area contributed by atoms with Crippen LogP contribution in [0.1, 0.15) is 96.9 Å². The van der Waals surface area contributed by atoms with Gasteiger partial charge in [0.25, 0.3) is 0 Å². The summed E-state index contributed by atoms with van der Waals surface area (Å²) < 4.78 is 5.43. The quantitative estimate of drug-likeness (QED) is 0.383. The number of carbonyl (C=O) groups excluding carboxylic acids is 3. The van der Waals surface area contributed by atoms with E-state index in [1.807, 2.05) is 52.8 Å². The molecule has 35 heavy (non-hydrogen) atoms. The van der Waals surface area contributed by atoms with Crippen LogP contribution in [0.2, 0.25) is 0 Å². The number of carbonyl (C=O) groups is 3. The third-order valence-electron chi connectivity index (χ3n) is 6.23. The van der Waals surface area contributed by atoms with Crippen LogP contribution in [0.3, 0.4) is 0 Å². The van der Waals surface area contributed by atoms with Crippen LogP contribution in [0.25, 0.3) is 0 Å². The van der Waals surface area contributed by atoms with Crippen molar-refractivity contribution in [3.05, 3.63) is 34.9 Å². The minimum atomic E-state index is -0.811. The van der Waals surface area contributed by atoms with Gasteiger partial charge in [-0.05, 0) is 70.6 Å². The van der Waals surface area contributed by atoms with E-state index in [-0.39, 0.29) is 17.7 Å². The maximum Gasteiger partial charge on any atom is 0.408 e. The van der Waals surface area contributed by atoms with Gasteiger partial charge in [-0.1, -0.05) is 58.2 Å². The number of hydrogen-bond acceptors (Lipinski definition) is 4. The highest BCUT2D eigenvalue weighted by Gasteiger charge is 2.38. The Kier molecular flexibility index (Phi) is 12.3. The lowest BCUT2D eigenvalue weighted by Crippen LogP contribution is -2.55. The van der Waals surface area contributed by atoms with Crippen molar-refractivity contribution in [2.75, 3.05) is 13.1 Å². The van der Waals surface area contributed by atoms with Crippen LogP contribution in [0.5, 0.6) is 0 Å². The van der Waals surface area contributed by atoms with Crippen molar-refractivity contribution < 1.29 is 19.1 Å². The largest absolute Gasteiger partial charge is 0.444 e. The lowest BCUT2D eigenvalue weighted by atomic mass is 9.92. The lowest BCUT2D eigenvalue weighted by Gasteiger charge is -2.36. The molecule has 0 aliphatic rings. The number of rotatable bonds is 12. The van der Waals surface area contributed by atoms with Gasteiger partial charge >= 0.3 is 6.09 Å². The topological polar surface area (TPSA) is 87.7 Å². The number of amides is 3. The molecule has 0 aromatic heterocycles. The van der Waals surface area contributed by atoms with E-state index in [9.17, 15) is 14.4 Å². The van der Waals surface area contributed by atoms with Gasteiger partial charge in [0, 0.05) is 13.1 Å². The Bertz CT molecular complexity index is 827. The second-order valence-electron chi connectivity index (χ2n) is 10.3. The number of alkyl carbamates (subject to hydrolysis) is 1. The third kappa shape index (κ3) is 9.19. The average Bonchev–Trinajstić information content (AvgIpc) is 2.77. The first-order chi connectivity index (χ1) is 16.4. The first-order valence-electron chi connectivity index (χ1n) is 13.0. The number of hydrogen-bond donors (Lipinski definition) is 2. The van der Waals surface area contributed by atoms with Crippen LogP contribution < -0.4 is 10.6 Å². The molecule has 0 aliphatic heterocycles. The number of unbranched alkanes of at least 4 members (excludes halogenated alkanes) is 2. The Balaban J connectivity index is 3.41. The molecule has 2 N–H and O–H groups in total. The van der Waals surface area contributed by atoms with Gasteiger partial charge in [0.1, 0.15) is 17.7 Å². The predicted octanol–water partition coefficient (Wildman–Crippen LogP) is 5.44. The van der Waals surface area contributed by atoms with E-state index in [2.05, 4.69) is 17.6 Å². The fraction of sp³-hybridized carbons (Fsp3) is 0.679. The van der Waals surface area contributed by atoms with Crippen molar-refractivity contribution in [2.45, 2.75) is 106 Å². The summed E-state index contributed by atoms with van der Waals surface area (Å²) in [4.78, 5) is 41.7. The molecule has 3 amide bonds. The smallest absolute Gasteiger partial charge is 0.408 e. The second kappa shape index (κ2) is 14.1. The standard InChI is InChI=1S/C28H47N3O4/c1-10-13-14-18-29-25(32)24(22-20(5)16-15-17-21(22)6)31(12-3)26(33)23(19(4)11-2)30-27(34)35-28(7,8)9/h15-17,19,23-24H,10-14,18H2,1-9H3,(H,29,32)(H,30,34). The summed E-state index contributed by atoms with van der Waals surface area (Å²) in [7, 11) is 0. The van der Waals surface area contributed by atoms with Crippen LogP contribution in [-0.4, -0.2) is 47.5 Å². The van der Waals surface area contributed by atoms with Gasteiger partial charge in [-0.15, -0.1) is 0 Å². The van der Waals surface area contributed by atoms with Crippen LogP contribution >= 0.6 is 0 Å². The van der Waals surface area contributed by atoms with Crippen molar-refractivity contribution in [2.24, 2.45) is 5.92 Å². The second-order valence-corrected chi connectivity index (χ2v) is 10.3. The zero-order valence-corrected chi connectivity index (χ0v) is 23.3. The van der Waals surface area contributed by atoms with Crippen LogP contribution in [0.4, 0.5) is 4.79 Å². The highest BCUT2D eigenvalue weighted by Crippen LogP contribution is 2.29. The summed E-state index contributed by atoms with van der Waals surface area (Å²) in [6.07, 6.45) is 3.02. The van der Waals surface area contributed by atoms with Gasteiger partial charge < -0.3 is 20.3 Å². The van der Waals surface area contributed by atoms with E-state index < -0.39 is 23.8 Å². The summed E-state index contributed by atoms with van der Waals surface area (Å²) >= 11 is 0. The molecule has 1 aromatic rings. The maximum atomic E-state index is 14.0. The molecule has 0 saturated carbocycles. The van der Waals surface area contributed by atoms with E-state index in [4.69, 9.17) is 4.74 Å². The van der Waals surface area contributed by atoms with Gasteiger partial charge in [-0.2, -0.15) is 0 Å². The molecular weight excluding hydrogens is 442 g/mol. The summed E-state index contributed by atoms with van der Waals surface area (Å²) in [6.45, 7) is 18.0. The molecule has 3 atom stereocenters. The molecule has 1 aromatic carbocycles. The number of nitrogens with one attached hydrogen (secondary N) is 2. The average molecular weight is 490 g/mol. The molecular formula is C28H47N3O4. The van der Waals surface area contributed by atoms with E-state index >= 15 is 0 Å². The molecule has 3 unspecified atom stereocenters. The normalized spacial score (nSPS) is 14.0. The van der Waals surface area contributed by atoms with Gasteiger partial charge in [-0.3, -0.25) is 9.59 Å². The summed E-state index contributed by atoms with van der Waals surface area (Å²) in [5.41, 5.74) is 2.04. The Morgan fingerprint density at radius 3 is 2.11 bits per heavy atom. The fourth-order valence-electron chi connectivity index (χ4n) is 4.13. The van der Waals surface area contributed by atoms with Crippen molar-refractivity contribution in [1.29, 1.82) is 0 Å². The molecule has 1 rings (SSSR count). The van der Waals surface area contributed by atoms with Crippen molar-refractivity contribution >= 4 is 17.9 Å². The van der Waals surface area contributed by atoms with Crippen LogP contribution in [-0.2, 0) is 14.3 Å². The molecule has 198 valence electrons. The number of likely N-dealkylation sites (N-methyl/N-ethyl adjacent to an activating group) is 1. The predicted molar refractivity (Wildman–Crippen MR) is 141 cm³/mol. The Hall–Kier alpha value is -2.57. The molecule has 0 heterocycles. The third-order valence-corrected chi connectivity index (χ3v) is 6.23. The molecule has 0 fully saturated rings. The minimum absolute atomic E-state index is 0.143. The highest BCUT2D eigenvalue weighted by atomic mass is 16.6. The first kappa shape index (κ1) is 30.5. The Morgan fingerprint density at radius 1 is 1.03 bits per heavy atom. The molecule has 7 heteroatoms. The monoisotopic (exact) mass is 489 g/mol. The van der Waals surface area contributed by atoms with E-state index in [0.717, 1.165) is 36.0 Å².